The number of rotatable bonds is 7. The predicted octanol–water partition coefficient (Wildman–Crippen LogP) is 3.18. The van der Waals surface area contributed by atoms with Crippen LogP contribution in [0.4, 0.5) is 11.6 Å². The number of amides is 1. The van der Waals surface area contributed by atoms with E-state index >= 15 is 0 Å². The second-order valence-electron chi connectivity index (χ2n) is 7.39. The maximum absolute atomic E-state index is 12.7. The molecule has 8 nitrogen and oxygen atoms in total. The Labute approximate surface area is 188 Å². The van der Waals surface area contributed by atoms with Crippen LogP contribution in [0.3, 0.4) is 0 Å². The summed E-state index contributed by atoms with van der Waals surface area (Å²) in [5.74, 6) is 0.758. The van der Waals surface area contributed by atoms with Crippen molar-refractivity contribution in [3.63, 3.8) is 0 Å². The number of thioether (sulfide) groups is 1. The number of nitrogens with one attached hydrogen (secondary N) is 1. The molecule has 1 aromatic carbocycles. The largest absolute Gasteiger partial charge is 0.378 e. The van der Waals surface area contributed by atoms with E-state index in [4.69, 9.17) is 9.47 Å². The molecule has 2 saturated heterocycles. The quantitative estimate of drug-likeness (QED) is 0.590. The van der Waals surface area contributed by atoms with Crippen LogP contribution in [-0.4, -0.2) is 64.9 Å². The molecular formula is C20H26BrN5O3S. The van der Waals surface area contributed by atoms with Crippen molar-refractivity contribution in [3.05, 3.63) is 28.7 Å². The third kappa shape index (κ3) is 5.35. The monoisotopic (exact) mass is 495 g/mol. The summed E-state index contributed by atoms with van der Waals surface area (Å²) in [5, 5.41) is 12.3. The predicted molar refractivity (Wildman–Crippen MR) is 120 cm³/mol. The number of carbonyl (C=O) groups is 1. The van der Waals surface area contributed by atoms with Crippen LogP contribution in [0.5, 0.6) is 0 Å². The SMILES string of the molecule is C[C@H](Sc1nnc(N2CCOCC2)n1C[C@@H]1CCCO1)C(=O)Nc1cccc(Br)c1. The lowest BCUT2D eigenvalue weighted by molar-refractivity contribution is -0.115. The Kier molecular flexibility index (Phi) is 7.29. The average molecular weight is 496 g/mol. The molecule has 2 atom stereocenters. The van der Waals surface area contributed by atoms with Gasteiger partial charge in [0.1, 0.15) is 0 Å². The molecule has 0 spiro atoms. The highest BCUT2D eigenvalue weighted by Gasteiger charge is 2.27. The van der Waals surface area contributed by atoms with E-state index in [2.05, 4.69) is 40.9 Å². The van der Waals surface area contributed by atoms with Gasteiger partial charge in [-0.15, -0.1) is 10.2 Å². The Balaban J connectivity index is 1.48. The van der Waals surface area contributed by atoms with E-state index in [9.17, 15) is 4.79 Å². The third-order valence-corrected chi connectivity index (χ3v) is 6.72. The first kappa shape index (κ1) is 21.6. The van der Waals surface area contributed by atoms with Crippen molar-refractivity contribution in [2.24, 2.45) is 0 Å². The number of halogens is 1. The highest BCUT2D eigenvalue weighted by atomic mass is 79.9. The Morgan fingerprint density at radius 3 is 2.90 bits per heavy atom. The van der Waals surface area contributed by atoms with Crippen LogP contribution in [0.2, 0.25) is 0 Å². The van der Waals surface area contributed by atoms with Crippen LogP contribution in [0.15, 0.2) is 33.9 Å². The summed E-state index contributed by atoms with van der Waals surface area (Å²) in [7, 11) is 0. The summed E-state index contributed by atoms with van der Waals surface area (Å²) in [4.78, 5) is 14.9. The first-order valence-corrected chi connectivity index (χ1v) is 11.9. The number of carbonyl (C=O) groups excluding carboxylic acids is 1. The zero-order valence-electron chi connectivity index (χ0n) is 16.9. The molecular weight excluding hydrogens is 470 g/mol. The second-order valence-corrected chi connectivity index (χ2v) is 9.61. The minimum atomic E-state index is -0.325. The van der Waals surface area contributed by atoms with Gasteiger partial charge in [0.05, 0.1) is 31.1 Å². The maximum Gasteiger partial charge on any atom is 0.237 e. The van der Waals surface area contributed by atoms with E-state index in [-0.39, 0.29) is 17.3 Å². The van der Waals surface area contributed by atoms with Gasteiger partial charge in [0.25, 0.3) is 0 Å². The normalized spacial score (nSPS) is 20.3. The molecule has 30 heavy (non-hydrogen) atoms. The number of hydrogen-bond donors (Lipinski definition) is 1. The highest BCUT2D eigenvalue weighted by Crippen LogP contribution is 2.29. The standard InChI is InChI=1S/C20H26BrN5O3S/c1-14(18(27)22-16-5-2-4-15(21)12-16)30-20-24-23-19(25-7-10-28-11-8-25)26(20)13-17-6-3-9-29-17/h2,4-5,12,14,17H,3,6-11,13H2,1H3,(H,22,27)/t14-,17-/m0/s1. The average Bonchev–Trinajstić information content (AvgIpc) is 3.39. The smallest absolute Gasteiger partial charge is 0.237 e. The van der Waals surface area contributed by atoms with Crippen molar-refractivity contribution >= 4 is 45.2 Å². The number of morpholine rings is 1. The van der Waals surface area contributed by atoms with E-state index < -0.39 is 0 Å². The van der Waals surface area contributed by atoms with Crippen molar-refractivity contribution in [3.8, 4) is 0 Å². The molecule has 0 unspecified atom stereocenters. The molecule has 0 saturated carbocycles. The van der Waals surface area contributed by atoms with E-state index in [1.165, 1.54) is 11.8 Å². The van der Waals surface area contributed by atoms with Crippen LogP contribution < -0.4 is 10.2 Å². The summed E-state index contributed by atoms with van der Waals surface area (Å²) in [6.07, 6.45) is 2.27. The minimum absolute atomic E-state index is 0.0716. The van der Waals surface area contributed by atoms with Crippen LogP contribution in [-0.2, 0) is 20.8 Å². The van der Waals surface area contributed by atoms with Gasteiger partial charge in [0.2, 0.25) is 11.9 Å². The van der Waals surface area contributed by atoms with Gasteiger partial charge in [-0.25, -0.2) is 0 Å². The van der Waals surface area contributed by atoms with Gasteiger partial charge in [0, 0.05) is 29.9 Å². The lowest BCUT2D eigenvalue weighted by Gasteiger charge is -2.28. The van der Waals surface area contributed by atoms with Gasteiger partial charge < -0.3 is 19.7 Å². The molecule has 0 radical (unpaired) electrons. The molecule has 0 aliphatic carbocycles. The molecule has 1 amide bonds. The van der Waals surface area contributed by atoms with Gasteiger partial charge in [-0.2, -0.15) is 0 Å². The fourth-order valence-corrected chi connectivity index (χ4v) is 4.79. The molecule has 2 aromatic rings. The molecule has 4 rings (SSSR count). The van der Waals surface area contributed by atoms with Crippen molar-refractivity contribution in [1.29, 1.82) is 0 Å². The maximum atomic E-state index is 12.7. The van der Waals surface area contributed by atoms with E-state index in [1.54, 1.807) is 0 Å². The second kappa shape index (κ2) is 10.1. The number of nitrogens with zero attached hydrogens (tertiary/aromatic N) is 4. The fourth-order valence-electron chi connectivity index (χ4n) is 3.54. The van der Waals surface area contributed by atoms with E-state index in [0.29, 0.717) is 19.8 Å². The third-order valence-electron chi connectivity index (χ3n) is 5.15. The summed E-state index contributed by atoms with van der Waals surface area (Å²) in [6, 6.07) is 7.57. The van der Waals surface area contributed by atoms with Crippen molar-refractivity contribution in [2.75, 3.05) is 43.1 Å². The molecule has 1 aromatic heterocycles. The van der Waals surface area contributed by atoms with Crippen LogP contribution in [0, 0.1) is 0 Å². The van der Waals surface area contributed by atoms with Crippen LogP contribution in [0.1, 0.15) is 19.8 Å². The molecule has 2 aliphatic rings. The van der Waals surface area contributed by atoms with Crippen molar-refractivity contribution in [2.45, 2.75) is 42.8 Å². The molecule has 10 heteroatoms. The van der Waals surface area contributed by atoms with Gasteiger partial charge in [-0.3, -0.25) is 9.36 Å². The number of benzene rings is 1. The zero-order chi connectivity index (χ0) is 20.9. The Morgan fingerprint density at radius 1 is 1.33 bits per heavy atom. The lowest BCUT2D eigenvalue weighted by Crippen LogP contribution is -2.38. The van der Waals surface area contributed by atoms with Gasteiger partial charge in [-0.1, -0.05) is 33.8 Å². The lowest BCUT2D eigenvalue weighted by atomic mass is 10.2. The molecule has 0 bridgehead atoms. The zero-order valence-corrected chi connectivity index (χ0v) is 19.3. The van der Waals surface area contributed by atoms with Crippen LogP contribution in [0.25, 0.3) is 0 Å². The number of aromatic nitrogens is 3. The van der Waals surface area contributed by atoms with E-state index in [0.717, 1.165) is 53.8 Å². The van der Waals surface area contributed by atoms with Gasteiger partial charge in [-0.05, 0) is 38.0 Å². The highest BCUT2D eigenvalue weighted by molar-refractivity contribution is 9.10. The summed E-state index contributed by atoms with van der Waals surface area (Å²) < 4.78 is 14.4. The van der Waals surface area contributed by atoms with E-state index in [1.807, 2.05) is 31.2 Å². The van der Waals surface area contributed by atoms with Gasteiger partial charge in [0.15, 0.2) is 5.16 Å². The first-order valence-electron chi connectivity index (χ1n) is 10.2. The number of hydrogen-bond acceptors (Lipinski definition) is 7. The Bertz CT molecular complexity index is 868. The first-order chi connectivity index (χ1) is 14.6. The minimum Gasteiger partial charge on any atom is -0.378 e. The number of ether oxygens (including phenoxy) is 2. The fraction of sp³-hybridized carbons (Fsp3) is 0.550. The molecule has 1 N–H and O–H groups in total. The molecule has 162 valence electrons. The Morgan fingerprint density at radius 2 is 2.17 bits per heavy atom. The molecule has 3 heterocycles. The number of anilines is 2. The topological polar surface area (TPSA) is 81.5 Å². The Hall–Kier alpha value is -1.62. The molecule has 2 aliphatic heterocycles. The van der Waals surface area contributed by atoms with Gasteiger partial charge >= 0.3 is 0 Å². The van der Waals surface area contributed by atoms with Crippen molar-refractivity contribution < 1.29 is 14.3 Å². The molecule has 2 fully saturated rings. The van der Waals surface area contributed by atoms with Crippen LogP contribution >= 0.6 is 27.7 Å². The van der Waals surface area contributed by atoms with Crippen molar-refractivity contribution in [1.82, 2.24) is 14.8 Å². The summed E-state index contributed by atoms with van der Waals surface area (Å²) in [5.41, 5.74) is 0.761. The summed E-state index contributed by atoms with van der Waals surface area (Å²) >= 11 is 4.85. The summed E-state index contributed by atoms with van der Waals surface area (Å²) in [6.45, 7) is 6.31.